The number of ether oxygens (including phenoxy) is 1. The molecule has 0 atom stereocenters. The molecule has 0 unspecified atom stereocenters. The Hall–Kier alpha value is -0.940. The van der Waals surface area contributed by atoms with E-state index in [4.69, 9.17) is 4.74 Å². The molecule has 0 fully saturated rings. The summed E-state index contributed by atoms with van der Waals surface area (Å²) in [5.41, 5.74) is -0.125. The third kappa shape index (κ3) is 3.29. The topological polar surface area (TPSA) is 52.0 Å². The van der Waals surface area contributed by atoms with Crippen molar-refractivity contribution in [3.63, 3.8) is 0 Å². The van der Waals surface area contributed by atoms with E-state index in [0.717, 1.165) is 44.3 Å². The van der Waals surface area contributed by atoms with Gasteiger partial charge in [-0.05, 0) is 33.6 Å². The zero-order valence-electron chi connectivity index (χ0n) is 11.7. The zero-order valence-corrected chi connectivity index (χ0v) is 11.7. The molecule has 5 heteroatoms. The molecule has 2 heterocycles. The molecule has 1 aromatic rings. The molecule has 1 aliphatic heterocycles. The van der Waals surface area contributed by atoms with Gasteiger partial charge < -0.3 is 14.6 Å². The highest BCUT2D eigenvalue weighted by Gasteiger charge is 2.19. The van der Waals surface area contributed by atoms with Gasteiger partial charge in [-0.3, -0.25) is 0 Å². The summed E-state index contributed by atoms with van der Waals surface area (Å²) in [5.74, 6) is 2.19. The molecule has 1 N–H and O–H groups in total. The van der Waals surface area contributed by atoms with Gasteiger partial charge in [0.15, 0.2) is 0 Å². The van der Waals surface area contributed by atoms with Gasteiger partial charge in [-0.2, -0.15) is 0 Å². The SMILES string of the molecule is CCOC(C)(C)CNCc1nnc2n1CCCC2. The standard InChI is InChI=1S/C13H24N4O/c1-4-18-13(2,3)10-14-9-12-16-15-11-7-5-6-8-17(11)12/h14H,4-10H2,1-3H3. The van der Waals surface area contributed by atoms with Crippen LogP contribution in [0.4, 0.5) is 0 Å². The average Bonchev–Trinajstić information content (AvgIpc) is 2.73. The van der Waals surface area contributed by atoms with Crippen molar-refractivity contribution in [2.45, 2.75) is 58.7 Å². The molecule has 0 aliphatic carbocycles. The number of fused-ring (bicyclic) bond motifs is 1. The van der Waals surface area contributed by atoms with E-state index in [9.17, 15) is 0 Å². The van der Waals surface area contributed by atoms with E-state index in [1.807, 2.05) is 6.92 Å². The lowest BCUT2D eigenvalue weighted by molar-refractivity contribution is -0.00911. The van der Waals surface area contributed by atoms with Crippen LogP contribution in [0.2, 0.25) is 0 Å². The van der Waals surface area contributed by atoms with E-state index >= 15 is 0 Å². The van der Waals surface area contributed by atoms with Crippen LogP contribution in [0.25, 0.3) is 0 Å². The first-order valence-corrected chi connectivity index (χ1v) is 6.88. The molecule has 1 aromatic heterocycles. The minimum Gasteiger partial charge on any atom is -0.375 e. The maximum absolute atomic E-state index is 5.66. The van der Waals surface area contributed by atoms with Gasteiger partial charge in [-0.25, -0.2) is 0 Å². The smallest absolute Gasteiger partial charge is 0.147 e. The lowest BCUT2D eigenvalue weighted by Crippen LogP contribution is -2.37. The third-order valence-corrected chi connectivity index (χ3v) is 3.31. The Kier molecular flexibility index (Phi) is 4.35. The fraction of sp³-hybridized carbons (Fsp3) is 0.846. The summed E-state index contributed by atoms with van der Waals surface area (Å²) in [4.78, 5) is 0. The lowest BCUT2D eigenvalue weighted by Gasteiger charge is -2.25. The van der Waals surface area contributed by atoms with Crippen molar-refractivity contribution in [3.8, 4) is 0 Å². The predicted molar refractivity (Wildman–Crippen MR) is 70.4 cm³/mol. The number of aromatic nitrogens is 3. The fourth-order valence-corrected chi connectivity index (χ4v) is 2.42. The molecule has 18 heavy (non-hydrogen) atoms. The van der Waals surface area contributed by atoms with Gasteiger partial charge in [0.25, 0.3) is 0 Å². The van der Waals surface area contributed by atoms with Crippen molar-refractivity contribution < 1.29 is 4.74 Å². The van der Waals surface area contributed by atoms with Crippen molar-refractivity contribution in [1.29, 1.82) is 0 Å². The van der Waals surface area contributed by atoms with E-state index in [-0.39, 0.29) is 5.60 Å². The number of hydrogen-bond acceptors (Lipinski definition) is 4. The highest BCUT2D eigenvalue weighted by atomic mass is 16.5. The van der Waals surface area contributed by atoms with E-state index in [0.29, 0.717) is 0 Å². The molecule has 102 valence electrons. The molecular weight excluding hydrogens is 228 g/mol. The quantitative estimate of drug-likeness (QED) is 0.834. The first-order valence-electron chi connectivity index (χ1n) is 6.88. The monoisotopic (exact) mass is 252 g/mol. The van der Waals surface area contributed by atoms with Crippen LogP contribution in [-0.4, -0.2) is 33.5 Å². The van der Waals surface area contributed by atoms with Gasteiger partial charge in [0.05, 0.1) is 12.1 Å². The lowest BCUT2D eigenvalue weighted by atomic mass is 10.1. The Morgan fingerprint density at radius 1 is 1.33 bits per heavy atom. The first-order chi connectivity index (χ1) is 8.62. The van der Waals surface area contributed by atoms with Gasteiger partial charge in [0, 0.05) is 26.1 Å². The summed E-state index contributed by atoms with van der Waals surface area (Å²) < 4.78 is 7.91. The zero-order chi connectivity index (χ0) is 13.0. The van der Waals surface area contributed by atoms with Gasteiger partial charge in [-0.15, -0.1) is 10.2 Å². The van der Waals surface area contributed by atoms with Crippen LogP contribution in [0.15, 0.2) is 0 Å². The summed E-state index contributed by atoms with van der Waals surface area (Å²) in [6.45, 7) is 9.62. The van der Waals surface area contributed by atoms with Crippen LogP contribution in [0.1, 0.15) is 45.3 Å². The number of hydrogen-bond donors (Lipinski definition) is 1. The molecular formula is C13H24N4O. The summed E-state index contributed by atoms with van der Waals surface area (Å²) in [6, 6.07) is 0. The van der Waals surface area contributed by atoms with E-state index in [2.05, 4.69) is 33.9 Å². The average molecular weight is 252 g/mol. The fourth-order valence-electron chi connectivity index (χ4n) is 2.42. The first kappa shape index (κ1) is 13.5. The molecule has 0 spiro atoms. The van der Waals surface area contributed by atoms with Crippen molar-refractivity contribution in [3.05, 3.63) is 11.6 Å². The second kappa shape index (κ2) is 5.80. The Labute approximate surface area is 109 Å². The van der Waals surface area contributed by atoms with Gasteiger partial charge in [-0.1, -0.05) is 0 Å². The molecule has 0 radical (unpaired) electrons. The maximum Gasteiger partial charge on any atom is 0.147 e. The normalized spacial score (nSPS) is 15.7. The number of nitrogens with zero attached hydrogens (tertiary/aromatic N) is 3. The van der Waals surface area contributed by atoms with Crippen molar-refractivity contribution in [2.24, 2.45) is 0 Å². The summed E-state index contributed by atoms with van der Waals surface area (Å²) in [5, 5.41) is 11.9. The Morgan fingerprint density at radius 2 is 2.17 bits per heavy atom. The van der Waals surface area contributed by atoms with Crippen LogP contribution < -0.4 is 5.32 Å². The van der Waals surface area contributed by atoms with E-state index in [1.54, 1.807) is 0 Å². The molecule has 0 saturated carbocycles. The molecule has 0 amide bonds. The van der Waals surface area contributed by atoms with Crippen LogP contribution in [0, 0.1) is 0 Å². The predicted octanol–water partition coefficient (Wildman–Crippen LogP) is 1.52. The summed E-state index contributed by atoms with van der Waals surface area (Å²) >= 11 is 0. The minimum atomic E-state index is -0.125. The Morgan fingerprint density at radius 3 is 2.94 bits per heavy atom. The van der Waals surface area contributed by atoms with E-state index in [1.165, 1.54) is 12.8 Å². The molecule has 1 aliphatic rings. The largest absolute Gasteiger partial charge is 0.375 e. The Balaban J connectivity index is 1.85. The third-order valence-electron chi connectivity index (χ3n) is 3.31. The van der Waals surface area contributed by atoms with Crippen molar-refractivity contribution in [1.82, 2.24) is 20.1 Å². The molecule has 0 aromatic carbocycles. The minimum absolute atomic E-state index is 0.125. The highest BCUT2D eigenvalue weighted by Crippen LogP contribution is 2.14. The van der Waals surface area contributed by atoms with Crippen LogP contribution in [-0.2, 0) is 24.2 Å². The van der Waals surface area contributed by atoms with Gasteiger partial charge in [0.1, 0.15) is 11.6 Å². The molecule has 5 nitrogen and oxygen atoms in total. The second-order valence-corrected chi connectivity index (χ2v) is 5.44. The molecule has 0 saturated heterocycles. The van der Waals surface area contributed by atoms with Crippen molar-refractivity contribution >= 4 is 0 Å². The van der Waals surface area contributed by atoms with E-state index < -0.39 is 0 Å². The van der Waals surface area contributed by atoms with Crippen LogP contribution >= 0.6 is 0 Å². The second-order valence-electron chi connectivity index (χ2n) is 5.44. The molecule has 2 rings (SSSR count). The summed E-state index contributed by atoms with van der Waals surface area (Å²) in [7, 11) is 0. The number of nitrogens with one attached hydrogen (secondary N) is 1. The highest BCUT2D eigenvalue weighted by molar-refractivity contribution is 4.98. The van der Waals surface area contributed by atoms with Crippen LogP contribution in [0.3, 0.4) is 0 Å². The van der Waals surface area contributed by atoms with Gasteiger partial charge >= 0.3 is 0 Å². The molecule has 0 bridgehead atoms. The Bertz CT molecular complexity index is 386. The summed E-state index contributed by atoms with van der Waals surface area (Å²) in [6.07, 6.45) is 3.54. The number of aryl methyl sites for hydroxylation is 1. The number of rotatable bonds is 6. The van der Waals surface area contributed by atoms with Crippen LogP contribution in [0.5, 0.6) is 0 Å². The van der Waals surface area contributed by atoms with Crippen molar-refractivity contribution in [2.75, 3.05) is 13.2 Å². The van der Waals surface area contributed by atoms with Gasteiger partial charge in [0.2, 0.25) is 0 Å². The maximum atomic E-state index is 5.66.